The minimum absolute atomic E-state index is 0.278. The van der Waals surface area contributed by atoms with Gasteiger partial charge in [-0.1, -0.05) is 47.5 Å². The van der Waals surface area contributed by atoms with Gasteiger partial charge < -0.3 is 9.84 Å². The first-order chi connectivity index (χ1) is 9.61. The number of carboxylic acid groups (broad SMARTS) is 1. The minimum atomic E-state index is -0.931. The maximum atomic E-state index is 11.2. The van der Waals surface area contributed by atoms with Gasteiger partial charge in [-0.15, -0.1) is 11.3 Å². The summed E-state index contributed by atoms with van der Waals surface area (Å²) in [7, 11) is 0. The average Bonchev–Trinajstić information content (AvgIpc) is 2.82. The van der Waals surface area contributed by atoms with Crippen molar-refractivity contribution in [1.82, 2.24) is 0 Å². The van der Waals surface area contributed by atoms with E-state index in [9.17, 15) is 9.90 Å². The highest BCUT2D eigenvalue weighted by Crippen LogP contribution is 2.31. The number of benzene rings is 1. The van der Waals surface area contributed by atoms with Gasteiger partial charge in [0.05, 0.1) is 0 Å². The van der Waals surface area contributed by atoms with Crippen molar-refractivity contribution >= 4 is 33.2 Å². The lowest BCUT2D eigenvalue weighted by atomic mass is 10.2. The molecule has 0 radical (unpaired) electrons. The second-order valence-electron chi connectivity index (χ2n) is 4.34. The fourth-order valence-corrected chi connectivity index (χ4v) is 3.26. The Morgan fingerprint density at radius 2 is 2.15 bits per heavy atom. The molecule has 0 amide bonds. The van der Waals surface area contributed by atoms with Crippen LogP contribution < -0.4 is 4.74 Å². The van der Waals surface area contributed by atoms with Gasteiger partial charge in [0.2, 0.25) is 0 Å². The summed E-state index contributed by atoms with van der Waals surface area (Å²) in [5, 5.41) is 9.22. The third-order valence-corrected chi connectivity index (χ3v) is 4.72. The summed E-state index contributed by atoms with van der Waals surface area (Å²) < 4.78 is 6.65. The first-order valence-electron chi connectivity index (χ1n) is 6.34. The maximum absolute atomic E-state index is 11.2. The Labute approximate surface area is 130 Å². The standard InChI is InChI=1S/C15H15BrO3S/c1-2-5-11-8-13(14(20-11)15(17)18)19-9-10-6-3-4-7-12(10)16/h3-4,6-8H,2,5,9H2,1H3,(H,17,18). The molecule has 106 valence electrons. The van der Waals surface area contributed by atoms with Gasteiger partial charge in [0.15, 0.2) is 4.88 Å². The summed E-state index contributed by atoms with van der Waals surface area (Å²) in [5.74, 6) is -0.471. The monoisotopic (exact) mass is 354 g/mol. The van der Waals surface area contributed by atoms with E-state index in [1.54, 1.807) is 0 Å². The van der Waals surface area contributed by atoms with Crippen molar-refractivity contribution in [3.05, 3.63) is 50.1 Å². The number of aryl methyl sites for hydroxylation is 1. The molecule has 1 heterocycles. The van der Waals surface area contributed by atoms with E-state index in [0.717, 1.165) is 27.8 Å². The molecule has 0 bridgehead atoms. The second-order valence-corrected chi connectivity index (χ2v) is 6.33. The zero-order valence-corrected chi connectivity index (χ0v) is 13.5. The number of rotatable bonds is 6. The number of ether oxygens (including phenoxy) is 1. The summed E-state index contributed by atoms with van der Waals surface area (Å²) in [6.45, 7) is 2.42. The van der Waals surface area contributed by atoms with Crippen molar-refractivity contribution < 1.29 is 14.6 Å². The molecule has 0 unspecified atom stereocenters. The highest BCUT2D eigenvalue weighted by atomic mass is 79.9. The van der Waals surface area contributed by atoms with Gasteiger partial charge in [0.25, 0.3) is 0 Å². The van der Waals surface area contributed by atoms with Gasteiger partial charge in [0, 0.05) is 14.9 Å². The Balaban J connectivity index is 2.16. The summed E-state index contributed by atoms with van der Waals surface area (Å²) >= 11 is 4.75. The quantitative estimate of drug-likeness (QED) is 0.814. The largest absolute Gasteiger partial charge is 0.487 e. The molecule has 1 aromatic carbocycles. The summed E-state index contributed by atoms with van der Waals surface area (Å²) in [6, 6.07) is 9.59. The number of thiophene rings is 1. The number of hydrogen-bond donors (Lipinski definition) is 1. The number of aromatic carboxylic acids is 1. The van der Waals surface area contributed by atoms with Gasteiger partial charge >= 0.3 is 5.97 Å². The highest BCUT2D eigenvalue weighted by Gasteiger charge is 2.16. The van der Waals surface area contributed by atoms with Crippen LogP contribution in [0.3, 0.4) is 0 Å². The maximum Gasteiger partial charge on any atom is 0.349 e. The zero-order chi connectivity index (χ0) is 14.5. The molecular formula is C15H15BrO3S. The minimum Gasteiger partial charge on any atom is -0.487 e. The van der Waals surface area contributed by atoms with E-state index in [1.165, 1.54) is 11.3 Å². The van der Waals surface area contributed by atoms with Crippen molar-refractivity contribution in [3.8, 4) is 5.75 Å². The van der Waals surface area contributed by atoms with E-state index < -0.39 is 5.97 Å². The first kappa shape index (κ1) is 15.1. The number of hydrogen-bond acceptors (Lipinski definition) is 3. The molecule has 0 aliphatic heterocycles. The highest BCUT2D eigenvalue weighted by molar-refractivity contribution is 9.10. The van der Waals surface area contributed by atoms with Crippen LogP contribution in [0.5, 0.6) is 5.75 Å². The van der Waals surface area contributed by atoms with Gasteiger partial charge in [-0.25, -0.2) is 4.79 Å². The fraction of sp³-hybridized carbons (Fsp3) is 0.267. The smallest absolute Gasteiger partial charge is 0.349 e. The Hall–Kier alpha value is -1.33. The van der Waals surface area contributed by atoms with Crippen LogP contribution in [0.1, 0.15) is 33.5 Å². The molecule has 2 rings (SSSR count). The molecule has 1 aromatic heterocycles. The number of carboxylic acids is 1. The fourth-order valence-electron chi connectivity index (χ4n) is 1.82. The Kier molecular flexibility index (Phi) is 5.20. The average molecular weight is 355 g/mol. The van der Waals surface area contributed by atoms with E-state index in [2.05, 4.69) is 22.9 Å². The first-order valence-corrected chi connectivity index (χ1v) is 7.95. The third kappa shape index (κ3) is 3.61. The van der Waals surface area contributed by atoms with E-state index in [1.807, 2.05) is 30.3 Å². The molecule has 0 fully saturated rings. The third-order valence-electron chi connectivity index (χ3n) is 2.78. The van der Waals surface area contributed by atoms with Crippen LogP contribution in [0, 0.1) is 0 Å². The molecular weight excluding hydrogens is 340 g/mol. The molecule has 0 saturated carbocycles. The van der Waals surface area contributed by atoms with Crippen LogP contribution in [0.25, 0.3) is 0 Å². The number of carbonyl (C=O) groups is 1. The van der Waals surface area contributed by atoms with Crippen molar-refractivity contribution in [2.45, 2.75) is 26.4 Å². The number of halogens is 1. The predicted octanol–water partition coefficient (Wildman–Crippen LogP) is 4.74. The Morgan fingerprint density at radius 3 is 2.80 bits per heavy atom. The van der Waals surface area contributed by atoms with Gasteiger partial charge in [-0.2, -0.15) is 0 Å². The summed E-state index contributed by atoms with van der Waals surface area (Å²) in [4.78, 5) is 12.6. The summed E-state index contributed by atoms with van der Waals surface area (Å²) in [5.41, 5.74) is 0.993. The Morgan fingerprint density at radius 1 is 1.40 bits per heavy atom. The zero-order valence-electron chi connectivity index (χ0n) is 11.1. The molecule has 0 aliphatic rings. The lowest BCUT2D eigenvalue weighted by Gasteiger charge is -2.07. The molecule has 2 aromatic rings. The SMILES string of the molecule is CCCc1cc(OCc2ccccc2Br)c(C(=O)O)s1. The molecule has 0 atom stereocenters. The van der Waals surface area contributed by atoms with Crippen LogP contribution in [-0.4, -0.2) is 11.1 Å². The normalized spacial score (nSPS) is 10.5. The topological polar surface area (TPSA) is 46.5 Å². The van der Waals surface area contributed by atoms with Crippen molar-refractivity contribution in [3.63, 3.8) is 0 Å². The van der Waals surface area contributed by atoms with Crippen molar-refractivity contribution in [2.75, 3.05) is 0 Å². The lowest BCUT2D eigenvalue weighted by molar-refractivity contribution is 0.0697. The summed E-state index contributed by atoms with van der Waals surface area (Å²) in [6.07, 6.45) is 1.87. The van der Waals surface area contributed by atoms with Gasteiger partial charge in [-0.3, -0.25) is 0 Å². The van der Waals surface area contributed by atoms with E-state index >= 15 is 0 Å². The molecule has 0 aliphatic carbocycles. The molecule has 0 saturated heterocycles. The van der Waals surface area contributed by atoms with Crippen molar-refractivity contribution in [2.24, 2.45) is 0 Å². The molecule has 1 N–H and O–H groups in total. The van der Waals surface area contributed by atoms with Crippen LogP contribution in [0.15, 0.2) is 34.8 Å². The van der Waals surface area contributed by atoms with Crippen LogP contribution >= 0.6 is 27.3 Å². The second kappa shape index (κ2) is 6.90. The lowest BCUT2D eigenvalue weighted by Crippen LogP contribution is -2.00. The van der Waals surface area contributed by atoms with Crippen LogP contribution in [0.2, 0.25) is 0 Å². The molecule has 0 spiro atoms. The van der Waals surface area contributed by atoms with Crippen LogP contribution in [0.4, 0.5) is 0 Å². The van der Waals surface area contributed by atoms with Crippen LogP contribution in [-0.2, 0) is 13.0 Å². The predicted molar refractivity (Wildman–Crippen MR) is 83.7 cm³/mol. The van der Waals surface area contributed by atoms with E-state index in [4.69, 9.17) is 4.74 Å². The molecule has 3 nitrogen and oxygen atoms in total. The van der Waals surface area contributed by atoms with E-state index in [-0.39, 0.29) is 4.88 Å². The van der Waals surface area contributed by atoms with Gasteiger partial charge in [0.1, 0.15) is 12.4 Å². The molecule has 5 heteroatoms. The Bertz CT molecular complexity index is 607. The van der Waals surface area contributed by atoms with E-state index in [0.29, 0.717) is 12.4 Å². The molecule has 20 heavy (non-hydrogen) atoms. The van der Waals surface area contributed by atoms with Gasteiger partial charge in [-0.05, 0) is 18.6 Å². The van der Waals surface area contributed by atoms with Crippen molar-refractivity contribution in [1.29, 1.82) is 0 Å².